The van der Waals surface area contributed by atoms with Crippen LogP contribution >= 0.6 is 0 Å². The maximum atomic E-state index is 11.0. The van der Waals surface area contributed by atoms with Gasteiger partial charge in [-0.3, -0.25) is 5.43 Å². The van der Waals surface area contributed by atoms with Crippen LogP contribution in [0, 0.1) is 13.8 Å². The summed E-state index contributed by atoms with van der Waals surface area (Å²) in [4.78, 5) is 15.6. The molecule has 0 saturated carbocycles. The number of carboxylic acids is 1. The van der Waals surface area contributed by atoms with Gasteiger partial charge in [0.15, 0.2) is 0 Å². The van der Waals surface area contributed by atoms with Gasteiger partial charge in [0.2, 0.25) is 0 Å². The van der Waals surface area contributed by atoms with Crippen LogP contribution in [0.5, 0.6) is 5.75 Å². The van der Waals surface area contributed by atoms with Crippen molar-refractivity contribution in [3.8, 4) is 5.75 Å². The first-order chi connectivity index (χ1) is 13.4. The number of benzene rings is 2. The largest absolute Gasteiger partial charge is 0.550 e. The quantitative estimate of drug-likeness (QED) is 0.528. The topological polar surface area (TPSA) is 86.6 Å². The van der Waals surface area contributed by atoms with Crippen LogP contribution < -0.4 is 15.3 Å². The Labute approximate surface area is 163 Å². The Morgan fingerprint density at radius 3 is 2.68 bits per heavy atom. The number of carboxylic acid groups (broad SMARTS) is 1. The minimum absolute atomic E-state index is 0.220. The molecule has 0 atom stereocenters. The average molecular weight is 376 g/mol. The van der Waals surface area contributed by atoms with E-state index in [1.165, 1.54) is 7.11 Å². The number of carbonyl (C=O) groups excluding carboxylic acids is 1. The van der Waals surface area contributed by atoms with Crippen LogP contribution in [0.15, 0.2) is 47.6 Å². The lowest BCUT2D eigenvalue weighted by Gasteiger charge is -2.12. The van der Waals surface area contributed by atoms with Crippen molar-refractivity contribution in [3.63, 3.8) is 0 Å². The zero-order chi connectivity index (χ0) is 20.3. The number of hydrazone groups is 1. The highest BCUT2D eigenvalue weighted by Crippen LogP contribution is 2.23. The van der Waals surface area contributed by atoms with Crippen LogP contribution in [0.3, 0.4) is 0 Å². The van der Waals surface area contributed by atoms with Crippen molar-refractivity contribution in [1.29, 1.82) is 0 Å². The van der Waals surface area contributed by atoms with Gasteiger partial charge in [0.05, 0.1) is 18.3 Å². The second kappa shape index (κ2) is 8.08. The lowest BCUT2D eigenvalue weighted by Crippen LogP contribution is -2.24. The zero-order valence-corrected chi connectivity index (χ0v) is 16.4. The number of nitrogens with one attached hydrogen (secondary N) is 1. The molecule has 0 aliphatic rings. The average Bonchev–Trinajstić information content (AvgIpc) is 2.66. The third-order valence-corrected chi connectivity index (χ3v) is 4.62. The molecule has 6 nitrogen and oxygen atoms in total. The fourth-order valence-electron chi connectivity index (χ4n) is 3.12. The minimum Gasteiger partial charge on any atom is -0.550 e. The Morgan fingerprint density at radius 2 is 1.96 bits per heavy atom. The summed E-state index contributed by atoms with van der Waals surface area (Å²) in [5.41, 5.74) is 8.21. The molecule has 0 fully saturated rings. The number of aryl methyl sites for hydroxylation is 2. The molecule has 0 bridgehead atoms. The van der Waals surface area contributed by atoms with Gasteiger partial charge in [-0.2, -0.15) is 5.10 Å². The Hall–Kier alpha value is -3.41. The van der Waals surface area contributed by atoms with Gasteiger partial charge in [-0.05, 0) is 61.7 Å². The number of aliphatic carboxylic acids is 1. The fourth-order valence-corrected chi connectivity index (χ4v) is 3.12. The molecule has 1 aromatic heterocycles. The SMILES string of the molecule is COc1ccc(/C(C)=N\Nc2cc(C)c3cccc(C)c3n2)cc1CC(=O)[O-]. The number of rotatable bonds is 6. The number of fused-ring (bicyclic) bond motifs is 1. The molecule has 6 heteroatoms. The summed E-state index contributed by atoms with van der Waals surface area (Å²) in [5.74, 6) is 0.00695. The highest BCUT2D eigenvalue weighted by atomic mass is 16.5. The normalized spacial score (nSPS) is 11.5. The van der Waals surface area contributed by atoms with Crippen molar-refractivity contribution in [3.05, 3.63) is 64.7 Å². The van der Waals surface area contributed by atoms with Crippen LogP contribution in [-0.2, 0) is 11.2 Å². The van der Waals surface area contributed by atoms with Gasteiger partial charge in [-0.25, -0.2) is 4.98 Å². The predicted octanol–water partition coefficient (Wildman–Crippen LogP) is 2.99. The van der Waals surface area contributed by atoms with Crippen molar-refractivity contribution in [2.75, 3.05) is 12.5 Å². The van der Waals surface area contributed by atoms with Gasteiger partial charge >= 0.3 is 0 Å². The Bertz CT molecular complexity index is 1070. The predicted molar refractivity (Wildman–Crippen MR) is 109 cm³/mol. The van der Waals surface area contributed by atoms with Crippen LogP contribution in [-0.4, -0.2) is 23.8 Å². The number of aromatic nitrogens is 1. The van der Waals surface area contributed by atoms with E-state index >= 15 is 0 Å². The first-order valence-corrected chi connectivity index (χ1v) is 8.93. The maximum Gasteiger partial charge on any atom is 0.147 e. The van der Waals surface area contributed by atoms with E-state index in [0.717, 1.165) is 27.6 Å². The van der Waals surface area contributed by atoms with Crippen LogP contribution in [0.2, 0.25) is 0 Å². The van der Waals surface area contributed by atoms with E-state index in [2.05, 4.69) is 21.6 Å². The third-order valence-electron chi connectivity index (χ3n) is 4.62. The second-order valence-corrected chi connectivity index (χ2v) is 6.68. The molecular weight excluding hydrogens is 354 g/mol. The number of ether oxygens (including phenoxy) is 1. The summed E-state index contributed by atoms with van der Waals surface area (Å²) < 4.78 is 5.22. The van der Waals surface area contributed by atoms with Gasteiger partial charge in [0, 0.05) is 23.3 Å². The zero-order valence-electron chi connectivity index (χ0n) is 16.4. The Morgan fingerprint density at radius 1 is 1.18 bits per heavy atom. The highest BCUT2D eigenvalue weighted by Gasteiger charge is 2.08. The molecule has 28 heavy (non-hydrogen) atoms. The molecule has 1 N–H and O–H groups in total. The Balaban J connectivity index is 1.89. The summed E-state index contributed by atoms with van der Waals surface area (Å²) in [5, 5.41) is 16.5. The van der Waals surface area contributed by atoms with Gasteiger partial charge in [0.1, 0.15) is 11.6 Å². The summed E-state index contributed by atoms with van der Waals surface area (Å²) in [7, 11) is 1.51. The molecule has 2 aromatic carbocycles. The van der Waals surface area contributed by atoms with Crippen molar-refractivity contribution >= 4 is 28.4 Å². The minimum atomic E-state index is -1.16. The molecule has 144 valence electrons. The van der Waals surface area contributed by atoms with E-state index in [-0.39, 0.29) is 6.42 Å². The standard InChI is InChI=1S/C22H23N3O3/c1-13-6-5-7-18-14(2)10-20(23-22(13)18)25-24-15(3)16-8-9-19(28-4)17(11-16)12-21(26)27/h5-11H,12H2,1-4H3,(H,23,25)(H,26,27)/p-1/b24-15-. The monoisotopic (exact) mass is 376 g/mol. The summed E-state index contributed by atoms with van der Waals surface area (Å²) in [6, 6.07) is 13.4. The molecule has 0 aliphatic heterocycles. The van der Waals surface area contributed by atoms with E-state index in [1.807, 2.05) is 45.0 Å². The van der Waals surface area contributed by atoms with E-state index in [4.69, 9.17) is 4.74 Å². The van der Waals surface area contributed by atoms with Crippen molar-refractivity contribution < 1.29 is 14.6 Å². The number of pyridine rings is 1. The first-order valence-electron chi connectivity index (χ1n) is 8.93. The van der Waals surface area contributed by atoms with Crippen LogP contribution in [0.1, 0.15) is 29.2 Å². The highest BCUT2D eigenvalue weighted by molar-refractivity contribution is 5.99. The van der Waals surface area contributed by atoms with E-state index in [1.54, 1.807) is 12.1 Å². The number of anilines is 1. The molecule has 0 spiro atoms. The molecule has 3 aromatic rings. The smallest absolute Gasteiger partial charge is 0.147 e. The van der Waals surface area contributed by atoms with Gasteiger partial charge in [-0.1, -0.05) is 18.2 Å². The molecular formula is C22H22N3O3-. The van der Waals surface area contributed by atoms with E-state index in [9.17, 15) is 9.90 Å². The molecule has 0 aliphatic carbocycles. The van der Waals surface area contributed by atoms with Crippen molar-refractivity contribution in [2.24, 2.45) is 5.10 Å². The molecule has 0 saturated heterocycles. The molecule has 1 heterocycles. The molecule has 3 rings (SSSR count). The molecule has 0 unspecified atom stereocenters. The van der Waals surface area contributed by atoms with Gasteiger partial charge < -0.3 is 14.6 Å². The number of hydrogen-bond acceptors (Lipinski definition) is 6. The first kappa shape index (κ1) is 19.4. The fraction of sp³-hybridized carbons (Fsp3) is 0.227. The molecule has 0 amide bonds. The number of para-hydroxylation sites is 1. The van der Waals surface area contributed by atoms with Crippen LogP contribution in [0.4, 0.5) is 5.82 Å². The summed E-state index contributed by atoms with van der Waals surface area (Å²) in [6.45, 7) is 5.92. The summed E-state index contributed by atoms with van der Waals surface area (Å²) in [6.07, 6.45) is -0.220. The lowest BCUT2D eigenvalue weighted by molar-refractivity contribution is -0.304. The third kappa shape index (κ3) is 4.11. The summed E-state index contributed by atoms with van der Waals surface area (Å²) >= 11 is 0. The molecule has 0 radical (unpaired) electrons. The number of nitrogens with zero attached hydrogens (tertiary/aromatic N) is 2. The maximum absolute atomic E-state index is 11.0. The Kier molecular flexibility index (Phi) is 5.59. The number of methoxy groups -OCH3 is 1. The van der Waals surface area contributed by atoms with Gasteiger partial charge in [0.25, 0.3) is 0 Å². The lowest BCUT2D eigenvalue weighted by atomic mass is 10.0. The van der Waals surface area contributed by atoms with E-state index in [0.29, 0.717) is 22.8 Å². The number of hydrogen-bond donors (Lipinski definition) is 1. The van der Waals surface area contributed by atoms with Crippen molar-refractivity contribution in [1.82, 2.24) is 4.98 Å². The number of carbonyl (C=O) groups is 1. The van der Waals surface area contributed by atoms with Gasteiger partial charge in [-0.15, -0.1) is 0 Å². The van der Waals surface area contributed by atoms with Crippen LogP contribution in [0.25, 0.3) is 10.9 Å². The van der Waals surface area contributed by atoms with Crippen molar-refractivity contribution in [2.45, 2.75) is 27.2 Å². The van der Waals surface area contributed by atoms with E-state index < -0.39 is 5.97 Å². The second-order valence-electron chi connectivity index (χ2n) is 6.68.